The van der Waals surface area contributed by atoms with Gasteiger partial charge in [0.1, 0.15) is 0 Å². The van der Waals surface area contributed by atoms with Crippen molar-refractivity contribution in [3.63, 3.8) is 0 Å². The number of halogens is 1. The number of hydrogen-bond acceptors (Lipinski definition) is 3. The number of hydrogen-bond donors (Lipinski definition) is 3. The van der Waals surface area contributed by atoms with Gasteiger partial charge in [-0.15, -0.1) is 24.0 Å². The second kappa shape index (κ2) is 14.0. The summed E-state index contributed by atoms with van der Waals surface area (Å²) in [6, 6.07) is 8.12. The molecular formula is C22H37IN4O2S. The van der Waals surface area contributed by atoms with E-state index in [0.29, 0.717) is 18.2 Å². The lowest BCUT2D eigenvalue weighted by Crippen LogP contribution is -2.46. The number of nitrogens with one attached hydrogen (secondary N) is 3. The molecule has 1 amide bonds. The first-order valence-corrected chi connectivity index (χ1v) is 12.1. The first-order chi connectivity index (χ1) is 14.0. The second-order valence-corrected chi connectivity index (χ2v) is 9.71. The molecular weight excluding hydrogens is 511 g/mol. The fraction of sp³-hybridized carbons (Fsp3) is 0.636. The molecule has 0 radical (unpaired) electrons. The van der Waals surface area contributed by atoms with Gasteiger partial charge in [0.25, 0.3) is 5.91 Å². The maximum absolute atomic E-state index is 12.3. The highest BCUT2D eigenvalue weighted by atomic mass is 127. The standard InChI is InChI=1S/C22H36N4O2S.HI/c1-5-16(3)25-21(27)18-10-7-9-17(13-18)15-24-22(23-4)26-19-11-8-12-20(14-19)29(28)6-2;/h7,9-10,13,16,19-20H,5-6,8,11-12,14-15H2,1-4H3,(H,25,27)(H2,23,24,26);1H. The van der Waals surface area contributed by atoms with E-state index >= 15 is 0 Å². The zero-order valence-electron chi connectivity index (χ0n) is 18.6. The van der Waals surface area contributed by atoms with Gasteiger partial charge in [0, 0.05) is 53.0 Å². The molecule has 1 aromatic carbocycles. The van der Waals surface area contributed by atoms with Gasteiger partial charge in [-0.25, -0.2) is 0 Å². The molecule has 1 aliphatic rings. The lowest BCUT2D eigenvalue weighted by molar-refractivity contribution is 0.0939. The van der Waals surface area contributed by atoms with Gasteiger partial charge in [0.15, 0.2) is 5.96 Å². The number of carbonyl (C=O) groups is 1. The second-order valence-electron chi connectivity index (χ2n) is 7.71. The van der Waals surface area contributed by atoms with E-state index in [0.717, 1.165) is 49.4 Å². The van der Waals surface area contributed by atoms with Crippen molar-refractivity contribution < 1.29 is 9.00 Å². The summed E-state index contributed by atoms with van der Waals surface area (Å²) >= 11 is 0. The molecule has 1 saturated carbocycles. The first-order valence-electron chi connectivity index (χ1n) is 10.7. The maximum Gasteiger partial charge on any atom is 0.251 e. The number of rotatable bonds is 8. The molecule has 0 spiro atoms. The minimum Gasteiger partial charge on any atom is -0.354 e. The van der Waals surface area contributed by atoms with E-state index in [2.05, 4.69) is 27.9 Å². The number of amides is 1. The Bertz CT molecular complexity index is 729. The minimum absolute atomic E-state index is 0. The molecule has 6 nitrogen and oxygen atoms in total. The number of carbonyl (C=O) groups excluding carboxylic acids is 1. The molecule has 0 aromatic heterocycles. The van der Waals surface area contributed by atoms with E-state index < -0.39 is 10.8 Å². The van der Waals surface area contributed by atoms with Crippen LogP contribution in [0.3, 0.4) is 0 Å². The van der Waals surface area contributed by atoms with Crippen LogP contribution in [0.15, 0.2) is 29.3 Å². The zero-order chi connectivity index (χ0) is 21.2. The third-order valence-corrected chi connectivity index (χ3v) is 7.23. The highest BCUT2D eigenvalue weighted by Crippen LogP contribution is 2.23. The lowest BCUT2D eigenvalue weighted by atomic mass is 9.95. The van der Waals surface area contributed by atoms with Crippen molar-refractivity contribution in [2.75, 3.05) is 12.8 Å². The average Bonchev–Trinajstić information content (AvgIpc) is 2.76. The number of guanidine groups is 1. The van der Waals surface area contributed by atoms with Crippen LogP contribution in [0, 0.1) is 0 Å². The van der Waals surface area contributed by atoms with Gasteiger partial charge in [-0.2, -0.15) is 0 Å². The largest absolute Gasteiger partial charge is 0.354 e. The van der Waals surface area contributed by atoms with Crippen molar-refractivity contribution in [3.05, 3.63) is 35.4 Å². The van der Waals surface area contributed by atoms with E-state index in [1.54, 1.807) is 7.05 Å². The molecule has 30 heavy (non-hydrogen) atoms. The molecule has 0 aliphatic heterocycles. The summed E-state index contributed by atoms with van der Waals surface area (Å²) < 4.78 is 12.2. The van der Waals surface area contributed by atoms with E-state index in [9.17, 15) is 9.00 Å². The molecule has 4 atom stereocenters. The van der Waals surface area contributed by atoms with E-state index in [-0.39, 0.29) is 41.2 Å². The molecule has 0 bridgehead atoms. The van der Waals surface area contributed by atoms with Gasteiger partial charge in [0.05, 0.1) is 0 Å². The van der Waals surface area contributed by atoms with Gasteiger partial charge in [-0.3, -0.25) is 14.0 Å². The summed E-state index contributed by atoms with van der Waals surface area (Å²) in [5.41, 5.74) is 1.70. The van der Waals surface area contributed by atoms with Crippen molar-refractivity contribution in [1.29, 1.82) is 0 Å². The normalized spacial score (nSPS) is 21.1. The Morgan fingerprint density at radius 1 is 1.30 bits per heavy atom. The van der Waals surface area contributed by atoms with Gasteiger partial charge >= 0.3 is 0 Å². The zero-order valence-corrected chi connectivity index (χ0v) is 21.7. The summed E-state index contributed by atoms with van der Waals surface area (Å²) in [5.74, 6) is 1.43. The molecule has 0 saturated heterocycles. The summed E-state index contributed by atoms with van der Waals surface area (Å²) in [7, 11) is 1.02. The Kier molecular flexibility index (Phi) is 12.5. The maximum atomic E-state index is 12.3. The molecule has 3 N–H and O–H groups in total. The van der Waals surface area contributed by atoms with Gasteiger partial charge in [-0.1, -0.05) is 32.4 Å². The molecule has 4 unspecified atom stereocenters. The highest BCUT2D eigenvalue weighted by molar-refractivity contribution is 14.0. The Labute approximate surface area is 200 Å². The number of nitrogens with zero attached hydrogens (tertiary/aromatic N) is 1. The molecule has 1 aromatic rings. The molecule has 170 valence electrons. The quantitative estimate of drug-likeness (QED) is 0.264. The predicted octanol–water partition coefficient (Wildman–Crippen LogP) is 3.58. The Morgan fingerprint density at radius 3 is 2.73 bits per heavy atom. The number of aliphatic imine (C=N–C) groups is 1. The average molecular weight is 549 g/mol. The van der Waals surface area contributed by atoms with Gasteiger partial charge in [0.2, 0.25) is 0 Å². The van der Waals surface area contributed by atoms with Crippen LogP contribution in [0.1, 0.15) is 68.8 Å². The molecule has 2 rings (SSSR count). The van der Waals surface area contributed by atoms with Gasteiger partial charge < -0.3 is 16.0 Å². The SMILES string of the molecule is CCC(C)NC(=O)c1cccc(CNC(=NC)NC2CCCC(S(=O)CC)C2)c1.I. The van der Waals surface area contributed by atoms with Crippen LogP contribution in [0.2, 0.25) is 0 Å². The predicted molar refractivity (Wildman–Crippen MR) is 137 cm³/mol. The fourth-order valence-electron chi connectivity index (χ4n) is 3.56. The third-order valence-electron chi connectivity index (χ3n) is 5.49. The van der Waals surface area contributed by atoms with Crippen LogP contribution >= 0.6 is 24.0 Å². The molecule has 8 heteroatoms. The van der Waals surface area contributed by atoms with Crippen LogP contribution in [-0.2, 0) is 17.3 Å². The van der Waals surface area contributed by atoms with E-state index in [1.165, 1.54) is 0 Å². The first kappa shape index (κ1) is 26.9. The van der Waals surface area contributed by atoms with Crippen LogP contribution < -0.4 is 16.0 Å². The van der Waals surface area contributed by atoms with Crippen molar-refractivity contribution in [2.24, 2.45) is 4.99 Å². The summed E-state index contributed by atoms with van der Waals surface area (Å²) in [5, 5.41) is 10.1. The minimum atomic E-state index is -0.735. The van der Waals surface area contributed by atoms with E-state index in [1.807, 2.05) is 38.1 Å². The lowest BCUT2D eigenvalue weighted by Gasteiger charge is -2.30. The van der Waals surface area contributed by atoms with Gasteiger partial charge in [-0.05, 0) is 50.3 Å². The smallest absolute Gasteiger partial charge is 0.251 e. The van der Waals surface area contributed by atoms with Crippen molar-refractivity contribution in [1.82, 2.24) is 16.0 Å². The fourth-order valence-corrected chi connectivity index (χ4v) is 4.90. The molecule has 1 fully saturated rings. The van der Waals surface area contributed by atoms with Crippen molar-refractivity contribution >= 4 is 46.6 Å². The van der Waals surface area contributed by atoms with Crippen LogP contribution in [0.25, 0.3) is 0 Å². The van der Waals surface area contributed by atoms with Crippen LogP contribution in [-0.4, -0.2) is 46.2 Å². The van der Waals surface area contributed by atoms with E-state index in [4.69, 9.17) is 0 Å². The summed E-state index contributed by atoms with van der Waals surface area (Å²) in [6.45, 7) is 6.63. The Balaban J connectivity index is 0.00000450. The summed E-state index contributed by atoms with van der Waals surface area (Å²) in [4.78, 5) is 16.7. The number of benzene rings is 1. The highest BCUT2D eigenvalue weighted by Gasteiger charge is 2.26. The third kappa shape index (κ3) is 8.53. The van der Waals surface area contributed by atoms with Crippen LogP contribution in [0.5, 0.6) is 0 Å². The monoisotopic (exact) mass is 548 g/mol. The summed E-state index contributed by atoms with van der Waals surface area (Å²) in [6.07, 6.45) is 5.05. The molecule has 0 heterocycles. The van der Waals surface area contributed by atoms with Crippen LogP contribution in [0.4, 0.5) is 0 Å². The van der Waals surface area contributed by atoms with Crippen molar-refractivity contribution in [2.45, 2.75) is 76.8 Å². The topological polar surface area (TPSA) is 82.6 Å². The van der Waals surface area contributed by atoms with Crippen molar-refractivity contribution in [3.8, 4) is 0 Å². The Morgan fingerprint density at radius 2 is 2.07 bits per heavy atom. The Hall–Kier alpha value is -1.16. The molecule has 1 aliphatic carbocycles.